The van der Waals surface area contributed by atoms with E-state index in [0.29, 0.717) is 0 Å². The second-order valence-corrected chi connectivity index (χ2v) is 8.20. The van der Waals surface area contributed by atoms with Gasteiger partial charge in [0.05, 0.1) is 13.7 Å². The van der Waals surface area contributed by atoms with Crippen LogP contribution in [0.15, 0.2) is 13.2 Å². The third-order valence-corrected chi connectivity index (χ3v) is 5.93. The van der Waals surface area contributed by atoms with E-state index < -0.39 is 0 Å². The first-order valence-corrected chi connectivity index (χ1v) is 7.88. The number of hydrogen-bond acceptors (Lipinski definition) is 4. The van der Waals surface area contributed by atoms with Crippen molar-refractivity contribution in [3.63, 3.8) is 0 Å². The highest BCUT2D eigenvalue weighted by atomic mass is 79.9. The highest BCUT2D eigenvalue weighted by molar-refractivity contribution is 9.11. The highest BCUT2D eigenvalue weighted by Crippen LogP contribution is 2.46. The van der Waals surface area contributed by atoms with Crippen molar-refractivity contribution in [1.29, 1.82) is 0 Å². The number of hydrogen-bond donors (Lipinski definition) is 1. The first kappa shape index (κ1) is 12.5. The summed E-state index contributed by atoms with van der Waals surface area (Å²) in [5.41, 5.74) is 3.47. The fourth-order valence-electron chi connectivity index (χ4n) is 2.18. The molecule has 0 saturated carbocycles. The van der Waals surface area contributed by atoms with Crippen LogP contribution in [0.4, 0.5) is 0 Å². The van der Waals surface area contributed by atoms with Crippen molar-refractivity contribution in [1.82, 2.24) is 0 Å². The van der Waals surface area contributed by atoms with E-state index in [1.165, 1.54) is 13.6 Å². The first-order chi connectivity index (χ1) is 7.48. The van der Waals surface area contributed by atoms with Gasteiger partial charge in [0.15, 0.2) is 0 Å². The number of nitrogens with zero attached hydrogens (tertiary/aromatic N) is 1. The van der Waals surface area contributed by atoms with Gasteiger partial charge in [-0.2, -0.15) is 0 Å². The van der Waals surface area contributed by atoms with Crippen molar-refractivity contribution in [2.75, 3.05) is 6.26 Å². The maximum absolute atomic E-state index is 9.17. The summed E-state index contributed by atoms with van der Waals surface area (Å²) in [7, 11) is 0. The number of fused-ring (bicyclic) bond motifs is 1. The van der Waals surface area contributed by atoms with Gasteiger partial charge in [-0.1, -0.05) is 19.0 Å². The summed E-state index contributed by atoms with van der Waals surface area (Å²) in [4.78, 5) is 0. The van der Waals surface area contributed by atoms with Crippen LogP contribution in [0.5, 0.6) is 0 Å². The predicted octanol–water partition coefficient (Wildman–Crippen LogP) is 4.38. The summed E-state index contributed by atoms with van der Waals surface area (Å²) in [5, 5.41) is 12.7. The minimum atomic E-state index is 0.174. The molecule has 5 heteroatoms. The second-order valence-electron chi connectivity index (χ2n) is 4.79. The lowest BCUT2D eigenvalue weighted by Crippen LogP contribution is -2.27. The molecule has 1 aliphatic carbocycles. The standard InChI is InChI=1S/C11H14BrNOS2/c1-11(2)4-6-8(7(5-11)13-14)10(15-3)16-9(6)12/h14H,4-5H2,1-3H3/b13-7-. The normalized spacial score (nSPS) is 21.1. The fraction of sp³-hybridized carbons (Fsp3) is 0.545. The van der Waals surface area contributed by atoms with Crippen molar-refractivity contribution in [3.8, 4) is 0 Å². The zero-order valence-electron chi connectivity index (χ0n) is 9.50. The van der Waals surface area contributed by atoms with Gasteiger partial charge in [0.1, 0.15) is 0 Å². The number of rotatable bonds is 1. The lowest BCUT2D eigenvalue weighted by atomic mass is 9.75. The quantitative estimate of drug-likeness (QED) is 0.473. The molecule has 0 atom stereocenters. The molecule has 0 radical (unpaired) electrons. The Morgan fingerprint density at radius 3 is 2.69 bits per heavy atom. The van der Waals surface area contributed by atoms with Gasteiger partial charge >= 0.3 is 0 Å². The van der Waals surface area contributed by atoms with Gasteiger partial charge in [-0.15, -0.1) is 23.1 Å². The minimum Gasteiger partial charge on any atom is -0.411 e. The number of halogens is 1. The molecule has 1 aliphatic rings. The van der Waals surface area contributed by atoms with Crippen molar-refractivity contribution < 1.29 is 5.21 Å². The molecule has 88 valence electrons. The van der Waals surface area contributed by atoms with E-state index >= 15 is 0 Å². The van der Waals surface area contributed by atoms with Gasteiger partial charge in [0.2, 0.25) is 0 Å². The Labute approximate surface area is 112 Å². The van der Waals surface area contributed by atoms with Crippen molar-refractivity contribution in [2.45, 2.75) is 30.9 Å². The van der Waals surface area contributed by atoms with Gasteiger partial charge < -0.3 is 5.21 Å². The Kier molecular flexibility index (Phi) is 3.39. The Morgan fingerprint density at radius 2 is 2.12 bits per heavy atom. The Morgan fingerprint density at radius 1 is 1.44 bits per heavy atom. The van der Waals surface area contributed by atoms with Crippen LogP contribution in [0.2, 0.25) is 0 Å². The zero-order valence-corrected chi connectivity index (χ0v) is 12.7. The van der Waals surface area contributed by atoms with E-state index in [1.54, 1.807) is 23.1 Å². The van der Waals surface area contributed by atoms with Gasteiger partial charge in [-0.3, -0.25) is 0 Å². The minimum absolute atomic E-state index is 0.174. The molecular formula is C11H14BrNOS2. The average Bonchev–Trinajstić information content (AvgIpc) is 2.53. The molecule has 1 aromatic rings. The summed E-state index contributed by atoms with van der Waals surface area (Å²) in [5.74, 6) is 0. The molecule has 1 aromatic heterocycles. The molecule has 0 unspecified atom stereocenters. The molecule has 0 fully saturated rings. The van der Waals surface area contributed by atoms with Crippen molar-refractivity contribution in [2.24, 2.45) is 10.6 Å². The lowest BCUT2D eigenvalue weighted by Gasteiger charge is -2.30. The molecule has 1 N–H and O–H groups in total. The van der Waals surface area contributed by atoms with Gasteiger partial charge in [0, 0.05) is 5.56 Å². The number of oxime groups is 1. The van der Waals surface area contributed by atoms with Crippen molar-refractivity contribution >= 4 is 44.7 Å². The van der Waals surface area contributed by atoms with Crippen LogP contribution in [0, 0.1) is 5.41 Å². The molecule has 0 aromatic carbocycles. The average molecular weight is 320 g/mol. The van der Waals surface area contributed by atoms with Crippen LogP contribution in [0.1, 0.15) is 31.4 Å². The molecule has 16 heavy (non-hydrogen) atoms. The Balaban J connectivity index is 2.61. The summed E-state index contributed by atoms with van der Waals surface area (Å²) < 4.78 is 2.42. The summed E-state index contributed by atoms with van der Waals surface area (Å²) in [6.07, 6.45) is 3.94. The molecule has 0 amide bonds. The summed E-state index contributed by atoms with van der Waals surface area (Å²) >= 11 is 7.08. The number of thiophene rings is 1. The largest absolute Gasteiger partial charge is 0.411 e. The van der Waals surface area contributed by atoms with Crippen LogP contribution < -0.4 is 0 Å². The smallest absolute Gasteiger partial charge is 0.0896 e. The van der Waals surface area contributed by atoms with E-state index in [-0.39, 0.29) is 5.41 Å². The van der Waals surface area contributed by atoms with Crippen LogP contribution in [0.25, 0.3) is 0 Å². The van der Waals surface area contributed by atoms with E-state index in [1.807, 2.05) is 0 Å². The predicted molar refractivity (Wildman–Crippen MR) is 74.2 cm³/mol. The molecule has 2 nitrogen and oxygen atoms in total. The molecule has 1 heterocycles. The first-order valence-electron chi connectivity index (χ1n) is 5.05. The van der Waals surface area contributed by atoms with Gasteiger partial charge in [0.25, 0.3) is 0 Å². The second kappa shape index (κ2) is 4.35. The number of thioether (sulfide) groups is 1. The molecular weight excluding hydrogens is 306 g/mol. The molecule has 0 saturated heterocycles. The monoisotopic (exact) mass is 319 g/mol. The molecule has 0 spiro atoms. The third kappa shape index (κ3) is 2.05. The van der Waals surface area contributed by atoms with E-state index in [0.717, 1.165) is 24.1 Å². The SMILES string of the molecule is CSc1sc(Br)c2c1/C(=N\O)CC(C)(C)C2. The van der Waals surface area contributed by atoms with Crippen LogP contribution >= 0.6 is 39.0 Å². The third-order valence-electron chi connectivity index (χ3n) is 2.82. The fourth-order valence-corrected chi connectivity index (χ4v) is 5.15. The van der Waals surface area contributed by atoms with Crippen molar-refractivity contribution in [3.05, 3.63) is 14.9 Å². The van der Waals surface area contributed by atoms with Crippen LogP contribution in [-0.2, 0) is 6.42 Å². The maximum Gasteiger partial charge on any atom is 0.0896 e. The van der Waals surface area contributed by atoms with Crippen LogP contribution in [0.3, 0.4) is 0 Å². The topological polar surface area (TPSA) is 32.6 Å². The summed E-state index contributed by atoms with van der Waals surface area (Å²) in [6.45, 7) is 4.42. The molecule has 0 aliphatic heterocycles. The lowest BCUT2D eigenvalue weighted by molar-refractivity contribution is 0.306. The van der Waals surface area contributed by atoms with Gasteiger partial charge in [-0.25, -0.2) is 0 Å². The van der Waals surface area contributed by atoms with E-state index in [4.69, 9.17) is 5.21 Å². The molecule has 0 bridgehead atoms. The zero-order chi connectivity index (χ0) is 11.9. The Bertz CT molecular complexity index is 451. The van der Waals surface area contributed by atoms with E-state index in [9.17, 15) is 0 Å². The van der Waals surface area contributed by atoms with E-state index in [2.05, 4.69) is 41.2 Å². The summed E-state index contributed by atoms with van der Waals surface area (Å²) in [6, 6.07) is 0. The molecule has 2 rings (SSSR count). The Hall–Kier alpha value is -0.000000000000000111. The van der Waals surface area contributed by atoms with Gasteiger partial charge in [-0.05, 0) is 46.0 Å². The van der Waals surface area contributed by atoms with Crippen LogP contribution in [-0.4, -0.2) is 17.2 Å². The highest BCUT2D eigenvalue weighted by Gasteiger charge is 2.34. The maximum atomic E-state index is 9.17.